The summed E-state index contributed by atoms with van der Waals surface area (Å²) >= 11 is 3.36. The SMILES string of the molecule is Cc1cn[nH]c1NC(=O)c1ccc(CBr)cc1. The molecule has 0 unspecified atom stereocenters. The van der Waals surface area contributed by atoms with Crippen LogP contribution < -0.4 is 5.32 Å². The minimum absolute atomic E-state index is 0.140. The normalized spacial score (nSPS) is 10.2. The maximum Gasteiger partial charge on any atom is 0.256 e. The lowest BCUT2D eigenvalue weighted by Crippen LogP contribution is -2.12. The Morgan fingerprint density at radius 1 is 1.41 bits per heavy atom. The molecule has 4 nitrogen and oxygen atoms in total. The van der Waals surface area contributed by atoms with Crippen LogP contribution in [0.5, 0.6) is 0 Å². The first-order valence-electron chi connectivity index (χ1n) is 5.17. The third-order valence-corrected chi connectivity index (χ3v) is 3.09. The standard InChI is InChI=1S/C12H12BrN3O/c1-8-7-14-16-11(8)15-12(17)10-4-2-9(6-13)3-5-10/h2-5,7H,6H2,1H3,(H2,14,15,16,17). The van der Waals surface area contributed by atoms with Gasteiger partial charge in [-0.25, -0.2) is 0 Å². The fourth-order valence-corrected chi connectivity index (χ4v) is 1.78. The number of nitrogens with zero attached hydrogens (tertiary/aromatic N) is 1. The van der Waals surface area contributed by atoms with Crippen LogP contribution in [-0.2, 0) is 5.33 Å². The van der Waals surface area contributed by atoms with E-state index in [9.17, 15) is 4.79 Å². The first-order chi connectivity index (χ1) is 8.20. The number of aromatic nitrogens is 2. The van der Waals surface area contributed by atoms with Gasteiger partial charge in [-0.05, 0) is 24.6 Å². The van der Waals surface area contributed by atoms with Gasteiger partial charge in [-0.15, -0.1) is 0 Å². The second-order valence-electron chi connectivity index (χ2n) is 3.71. The summed E-state index contributed by atoms with van der Waals surface area (Å²) in [6.45, 7) is 1.88. The average molecular weight is 294 g/mol. The number of aromatic amines is 1. The van der Waals surface area contributed by atoms with Crippen LogP contribution in [-0.4, -0.2) is 16.1 Å². The van der Waals surface area contributed by atoms with Crippen LogP contribution in [0.2, 0.25) is 0 Å². The number of benzene rings is 1. The zero-order valence-electron chi connectivity index (χ0n) is 9.33. The van der Waals surface area contributed by atoms with Crippen molar-refractivity contribution in [2.45, 2.75) is 12.3 Å². The van der Waals surface area contributed by atoms with Gasteiger partial charge in [-0.3, -0.25) is 9.89 Å². The van der Waals surface area contributed by atoms with Gasteiger partial charge < -0.3 is 5.32 Å². The Balaban J connectivity index is 2.12. The fourth-order valence-electron chi connectivity index (χ4n) is 1.40. The number of halogens is 1. The first-order valence-corrected chi connectivity index (χ1v) is 6.29. The van der Waals surface area contributed by atoms with Crippen molar-refractivity contribution < 1.29 is 4.79 Å². The molecule has 0 saturated carbocycles. The zero-order valence-corrected chi connectivity index (χ0v) is 10.9. The van der Waals surface area contributed by atoms with Gasteiger partial charge in [-0.1, -0.05) is 28.1 Å². The van der Waals surface area contributed by atoms with Crippen LogP contribution in [0.1, 0.15) is 21.5 Å². The van der Waals surface area contributed by atoms with E-state index in [0.29, 0.717) is 11.4 Å². The van der Waals surface area contributed by atoms with Crippen molar-refractivity contribution in [3.05, 3.63) is 47.2 Å². The number of nitrogens with one attached hydrogen (secondary N) is 2. The van der Waals surface area contributed by atoms with Gasteiger partial charge in [0.05, 0.1) is 6.20 Å². The van der Waals surface area contributed by atoms with Crippen LogP contribution in [0.4, 0.5) is 5.82 Å². The van der Waals surface area contributed by atoms with Crippen molar-refractivity contribution in [2.24, 2.45) is 0 Å². The molecule has 0 spiro atoms. The lowest BCUT2D eigenvalue weighted by Gasteiger charge is -2.04. The van der Waals surface area contributed by atoms with Gasteiger partial charge in [0.25, 0.3) is 5.91 Å². The third-order valence-electron chi connectivity index (χ3n) is 2.44. The highest BCUT2D eigenvalue weighted by atomic mass is 79.9. The van der Waals surface area contributed by atoms with Crippen molar-refractivity contribution in [3.63, 3.8) is 0 Å². The predicted octanol–water partition coefficient (Wildman–Crippen LogP) is 2.87. The second kappa shape index (κ2) is 5.14. The number of carbonyl (C=O) groups excluding carboxylic acids is 1. The van der Waals surface area contributed by atoms with Gasteiger partial charge in [0.15, 0.2) is 0 Å². The molecule has 0 saturated heterocycles. The number of aryl methyl sites for hydroxylation is 1. The van der Waals surface area contributed by atoms with E-state index in [0.717, 1.165) is 16.5 Å². The van der Waals surface area contributed by atoms with Gasteiger partial charge >= 0.3 is 0 Å². The van der Waals surface area contributed by atoms with Crippen LogP contribution in [0.3, 0.4) is 0 Å². The van der Waals surface area contributed by atoms with Crippen LogP contribution in [0.15, 0.2) is 30.5 Å². The molecule has 2 rings (SSSR count). The summed E-state index contributed by atoms with van der Waals surface area (Å²) in [5.41, 5.74) is 2.68. The first kappa shape index (κ1) is 11.9. The molecule has 0 aliphatic rings. The van der Waals surface area contributed by atoms with Crippen LogP contribution in [0, 0.1) is 6.92 Å². The summed E-state index contributed by atoms with van der Waals surface area (Å²) < 4.78 is 0. The number of hydrogen-bond donors (Lipinski definition) is 2. The monoisotopic (exact) mass is 293 g/mol. The lowest BCUT2D eigenvalue weighted by atomic mass is 10.1. The van der Waals surface area contributed by atoms with E-state index in [2.05, 4.69) is 31.4 Å². The number of anilines is 1. The Labute approximate surface area is 108 Å². The van der Waals surface area contributed by atoms with E-state index in [1.165, 1.54) is 0 Å². The van der Waals surface area contributed by atoms with Crippen molar-refractivity contribution >= 4 is 27.7 Å². The van der Waals surface area contributed by atoms with E-state index in [4.69, 9.17) is 0 Å². The van der Waals surface area contributed by atoms with Crippen molar-refractivity contribution in [1.29, 1.82) is 0 Å². The van der Waals surface area contributed by atoms with Crippen molar-refractivity contribution in [3.8, 4) is 0 Å². The third kappa shape index (κ3) is 2.74. The van der Waals surface area contributed by atoms with Gasteiger partial charge in [0, 0.05) is 16.5 Å². The molecule has 0 fully saturated rings. The Morgan fingerprint density at radius 2 is 2.12 bits per heavy atom. The smallest absolute Gasteiger partial charge is 0.256 e. The van der Waals surface area contributed by atoms with Crippen molar-refractivity contribution in [2.75, 3.05) is 5.32 Å². The van der Waals surface area contributed by atoms with E-state index in [1.807, 2.05) is 19.1 Å². The molecule has 0 atom stereocenters. The molecule has 0 aliphatic heterocycles. The predicted molar refractivity (Wildman–Crippen MR) is 70.4 cm³/mol. The summed E-state index contributed by atoms with van der Waals surface area (Å²) in [5.74, 6) is 0.498. The van der Waals surface area contributed by atoms with E-state index >= 15 is 0 Å². The summed E-state index contributed by atoms with van der Waals surface area (Å²) in [6, 6.07) is 7.45. The Kier molecular flexibility index (Phi) is 3.58. The number of alkyl halides is 1. The topological polar surface area (TPSA) is 57.8 Å². The summed E-state index contributed by atoms with van der Waals surface area (Å²) in [7, 11) is 0. The van der Waals surface area contributed by atoms with E-state index < -0.39 is 0 Å². The molecule has 1 amide bonds. The fraction of sp³-hybridized carbons (Fsp3) is 0.167. The number of hydrogen-bond acceptors (Lipinski definition) is 2. The van der Waals surface area contributed by atoms with Crippen molar-refractivity contribution in [1.82, 2.24) is 10.2 Å². The molecule has 17 heavy (non-hydrogen) atoms. The molecular weight excluding hydrogens is 282 g/mol. The largest absolute Gasteiger partial charge is 0.307 e. The zero-order chi connectivity index (χ0) is 12.3. The molecule has 0 bridgehead atoms. The molecular formula is C12H12BrN3O. The Bertz CT molecular complexity index is 519. The molecule has 1 aromatic heterocycles. The van der Waals surface area contributed by atoms with E-state index in [-0.39, 0.29) is 5.91 Å². The minimum atomic E-state index is -0.140. The Hall–Kier alpha value is -1.62. The van der Waals surface area contributed by atoms with Gasteiger partial charge in [-0.2, -0.15) is 5.10 Å². The highest BCUT2D eigenvalue weighted by Gasteiger charge is 2.08. The van der Waals surface area contributed by atoms with Crippen LogP contribution in [0.25, 0.3) is 0 Å². The number of H-pyrrole nitrogens is 1. The Morgan fingerprint density at radius 3 is 2.65 bits per heavy atom. The molecule has 1 heterocycles. The highest BCUT2D eigenvalue weighted by Crippen LogP contribution is 2.12. The molecule has 2 aromatic rings. The number of rotatable bonds is 3. The summed E-state index contributed by atoms with van der Waals surface area (Å²) in [6.07, 6.45) is 1.67. The van der Waals surface area contributed by atoms with Gasteiger partial charge in [0.2, 0.25) is 0 Å². The number of amides is 1. The van der Waals surface area contributed by atoms with Crippen LogP contribution >= 0.6 is 15.9 Å². The maximum absolute atomic E-state index is 11.9. The highest BCUT2D eigenvalue weighted by molar-refractivity contribution is 9.08. The quantitative estimate of drug-likeness (QED) is 0.855. The second-order valence-corrected chi connectivity index (χ2v) is 4.27. The maximum atomic E-state index is 11.9. The summed E-state index contributed by atoms with van der Waals surface area (Å²) in [5, 5.41) is 10.2. The minimum Gasteiger partial charge on any atom is -0.307 e. The van der Waals surface area contributed by atoms with E-state index in [1.54, 1.807) is 18.3 Å². The van der Waals surface area contributed by atoms with Gasteiger partial charge in [0.1, 0.15) is 5.82 Å². The lowest BCUT2D eigenvalue weighted by molar-refractivity contribution is 0.102. The summed E-state index contributed by atoms with van der Waals surface area (Å²) in [4.78, 5) is 11.9. The molecule has 88 valence electrons. The average Bonchev–Trinajstić information content (AvgIpc) is 2.75. The number of carbonyl (C=O) groups is 1. The molecule has 5 heteroatoms. The molecule has 0 radical (unpaired) electrons. The molecule has 1 aromatic carbocycles. The molecule has 0 aliphatic carbocycles. The molecule has 2 N–H and O–H groups in total.